The third-order valence-electron chi connectivity index (χ3n) is 6.25. The van der Waals surface area contributed by atoms with Gasteiger partial charge in [-0.3, -0.25) is 0 Å². The van der Waals surface area contributed by atoms with E-state index in [1.807, 2.05) is 24.3 Å². The van der Waals surface area contributed by atoms with Crippen LogP contribution in [0.5, 0.6) is 0 Å². The van der Waals surface area contributed by atoms with Gasteiger partial charge in [0.2, 0.25) is 0 Å². The standard InChI is InChI=1S/C29H34N2OS2/c1-3-30(4-2)20-10-11-21-31(23-24-16-17-25-12-8-9-15-27(25)22-24)34(32)29-19-18-28(33-29)26-13-6-5-7-14-26/h5-9,12-19,22H,3-4,10-11,20-21,23H2,1-2H3. The molecule has 34 heavy (non-hydrogen) atoms. The minimum atomic E-state index is -1.19. The smallest absolute Gasteiger partial charge is 0.138 e. The van der Waals surface area contributed by atoms with Crippen LogP contribution in [0.3, 0.4) is 0 Å². The molecule has 4 aromatic rings. The molecule has 0 saturated heterocycles. The maximum atomic E-state index is 13.7. The van der Waals surface area contributed by atoms with Gasteiger partial charge in [-0.05, 0) is 72.6 Å². The predicted molar refractivity (Wildman–Crippen MR) is 148 cm³/mol. The summed E-state index contributed by atoms with van der Waals surface area (Å²) in [6.45, 7) is 9.19. The molecule has 3 nitrogen and oxygen atoms in total. The van der Waals surface area contributed by atoms with Gasteiger partial charge in [0.1, 0.15) is 15.2 Å². The fraction of sp³-hybridized carbons (Fsp3) is 0.310. The molecule has 178 valence electrons. The Bertz CT molecular complexity index is 1200. The summed E-state index contributed by atoms with van der Waals surface area (Å²) >= 11 is 1.64. The second kappa shape index (κ2) is 12.4. The van der Waals surface area contributed by atoms with Gasteiger partial charge in [0.15, 0.2) is 0 Å². The van der Waals surface area contributed by atoms with Gasteiger partial charge < -0.3 is 4.90 Å². The summed E-state index contributed by atoms with van der Waals surface area (Å²) in [5.41, 5.74) is 2.38. The largest absolute Gasteiger partial charge is 0.304 e. The lowest BCUT2D eigenvalue weighted by molar-refractivity contribution is 0.290. The Morgan fingerprint density at radius 1 is 0.765 bits per heavy atom. The lowest BCUT2D eigenvalue weighted by Gasteiger charge is -2.22. The lowest BCUT2D eigenvalue weighted by atomic mass is 10.1. The Morgan fingerprint density at radius 2 is 1.47 bits per heavy atom. The molecular formula is C29H34N2OS2. The summed E-state index contributed by atoms with van der Waals surface area (Å²) in [7, 11) is -1.19. The quantitative estimate of drug-likeness (QED) is 0.196. The summed E-state index contributed by atoms with van der Waals surface area (Å²) in [5.74, 6) is 0. The van der Waals surface area contributed by atoms with E-state index in [9.17, 15) is 4.21 Å². The SMILES string of the molecule is CCN(CC)CCCCN(Cc1ccc2ccccc2c1)S(=O)c1ccc(-c2ccccc2)s1. The number of nitrogens with zero attached hydrogens (tertiary/aromatic N) is 2. The molecule has 1 heterocycles. The monoisotopic (exact) mass is 490 g/mol. The molecule has 0 aliphatic carbocycles. The zero-order valence-corrected chi connectivity index (χ0v) is 21.8. The van der Waals surface area contributed by atoms with E-state index in [2.05, 4.69) is 83.7 Å². The number of benzene rings is 3. The minimum absolute atomic E-state index is 0.682. The molecular weight excluding hydrogens is 456 g/mol. The van der Waals surface area contributed by atoms with Crippen molar-refractivity contribution < 1.29 is 4.21 Å². The molecule has 0 fully saturated rings. The average molecular weight is 491 g/mol. The first kappa shape index (κ1) is 24.8. The Hall–Kier alpha value is -2.31. The molecule has 4 rings (SSSR count). The molecule has 1 unspecified atom stereocenters. The first-order valence-electron chi connectivity index (χ1n) is 12.2. The first-order valence-corrected chi connectivity index (χ1v) is 14.1. The highest BCUT2D eigenvalue weighted by Crippen LogP contribution is 2.31. The van der Waals surface area contributed by atoms with Crippen LogP contribution in [0.1, 0.15) is 32.3 Å². The zero-order chi connectivity index (χ0) is 23.8. The van der Waals surface area contributed by atoms with E-state index in [0.29, 0.717) is 6.54 Å². The van der Waals surface area contributed by atoms with E-state index >= 15 is 0 Å². The summed E-state index contributed by atoms with van der Waals surface area (Å²) < 4.78 is 16.8. The van der Waals surface area contributed by atoms with E-state index in [0.717, 1.165) is 48.1 Å². The summed E-state index contributed by atoms with van der Waals surface area (Å²) in [5, 5.41) is 2.47. The summed E-state index contributed by atoms with van der Waals surface area (Å²) in [6, 6.07) is 29.5. The van der Waals surface area contributed by atoms with Gasteiger partial charge in [0.05, 0.1) is 0 Å². The van der Waals surface area contributed by atoms with Gasteiger partial charge in [-0.1, -0.05) is 80.6 Å². The molecule has 5 heteroatoms. The highest BCUT2D eigenvalue weighted by Gasteiger charge is 2.18. The molecule has 0 N–H and O–H groups in total. The van der Waals surface area contributed by atoms with Crippen molar-refractivity contribution in [2.75, 3.05) is 26.2 Å². The van der Waals surface area contributed by atoms with Crippen molar-refractivity contribution >= 4 is 33.1 Å². The van der Waals surface area contributed by atoms with E-state index in [1.54, 1.807) is 11.3 Å². The van der Waals surface area contributed by atoms with E-state index < -0.39 is 11.0 Å². The predicted octanol–water partition coefficient (Wildman–Crippen LogP) is 7.22. The van der Waals surface area contributed by atoms with Crippen LogP contribution in [0.4, 0.5) is 0 Å². The van der Waals surface area contributed by atoms with Gasteiger partial charge in [0.25, 0.3) is 0 Å². The number of rotatable bonds is 12. The summed E-state index contributed by atoms with van der Waals surface area (Å²) in [6.07, 6.45) is 2.15. The number of unbranched alkanes of at least 4 members (excludes halogenated alkanes) is 1. The topological polar surface area (TPSA) is 23.6 Å². The number of thiophene rings is 1. The van der Waals surface area contributed by atoms with Crippen molar-refractivity contribution in [3.8, 4) is 10.4 Å². The molecule has 0 bridgehead atoms. The molecule has 0 radical (unpaired) electrons. The minimum Gasteiger partial charge on any atom is -0.304 e. The van der Waals surface area contributed by atoms with Crippen molar-refractivity contribution in [3.63, 3.8) is 0 Å². The Morgan fingerprint density at radius 3 is 2.24 bits per heavy atom. The van der Waals surface area contributed by atoms with Crippen LogP contribution < -0.4 is 0 Å². The van der Waals surface area contributed by atoms with Crippen LogP contribution in [0, 0.1) is 0 Å². The number of hydrogen-bond acceptors (Lipinski definition) is 3. The second-order valence-corrected chi connectivity index (χ2v) is 11.3. The Kier molecular flexibility index (Phi) is 9.05. The molecule has 1 aromatic heterocycles. The van der Waals surface area contributed by atoms with Crippen LogP contribution in [0.15, 0.2) is 89.1 Å². The van der Waals surface area contributed by atoms with Gasteiger partial charge >= 0.3 is 0 Å². The van der Waals surface area contributed by atoms with Crippen molar-refractivity contribution in [1.29, 1.82) is 0 Å². The fourth-order valence-electron chi connectivity index (χ4n) is 4.22. The van der Waals surface area contributed by atoms with E-state index in [-0.39, 0.29) is 0 Å². The van der Waals surface area contributed by atoms with Crippen LogP contribution >= 0.6 is 11.3 Å². The van der Waals surface area contributed by atoms with Crippen molar-refractivity contribution in [2.45, 2.75) is 37.4 Å². The Labute approximate surface area is 210 Å². The normalized spacial score (nSPS) is 12.6. The number of hydrogen-bond donors (Lipinski definition) is 0. The fourth-order valence-corrected chi connectivity index (χ4v) is 6.84. The third-order valence-corrected chi connectivity index (χ3v) is 9.11. The lowest BCUT2D eigenvalue weighted by Crippen LogP contribution is -2.28. The third kappa shape index (κ3) is 6.42. The van der Waals surface area contributed by atoms with Gasteiger partial charge in [-0.25, -0.2) is 8.51 Å². The molecule has 0 aliphatic rings. The maximum Gasteiger partial charge on any atom is 0.138 e. The van der Waals surface area contributed by atoms with Gasteiger partial charge in [-0.15, -0.1) is 11.3 Å². The maximum absolute atomic E-state index is 13.7. The van der Waals surface area contributed by atoms with Crippen LogP contribution in [-0.2, 0) is 17.5 Å². The molecule has 0 saturated carbocycles. The highest BCUT2D eigenvalue weighted by atomic mass is 32.2. The van der Waals surface area contributed by atoms with Crippen molar-refractivity contribution in [1.82, 2.24) is 9.21 Å². The molecule has 0 amide bonds. The van der Waals surface area contributed by atoms with Gasteiger partial charge in [-0.2, -0.15) is 0 Å². The summed E-state index contributed by atoms with van der Waals surface area (Å²) in [4.78, 5) is 3.62. The molecule has 3 aromatic carbocycles. The van der Waals surface area contributed by atoms with E-state index in [1.165, 1.54) is 21.9 Å². The van der Waals surface area contributed by atoms with Crippen molar-refractivity contribution in [3.05, 3.63) is 90.5 Å². The molecule has 1 atom stereocenters. The number of fused-ring (bicyclic) bond motifs is 1. The zero-order valence-electron chi connectivity index (χ0n) is 20.2. The Balaban J connectivity index is 1.51. The second-order valence-electron chi connectivity index (χ2n) is 8.51. The highest BCUT2D eigenvalue weighted by molar-refractivity contribution is 7.85. The van der Waals surface area contributed by atoms with Crippen LogP contribution in [-0.4, -0.2) is 39.6 Å². The van der Waals surface area contributed by atoms with E-state index in [4.69, 9.17) is 0 Å². The average Bonchev–Trinajstić information content (AvgIpc) is 3.38. The first-order chi connectivity index (χ1) is 16.7. The molecule has 0 aliphatic heterocycles. The van der Waals surface area contributed by atoms with Crippen LogP contribution in [0.25, 0.3) is 21.2 Å². The van der Waals surface area contributed by atoms with Crippen molar-refractivity contribution in [2.24, 2.45) is 0 Å². The van der Waals surface area contributed by atoms with Crippen LogP contribution in [0.2, 0.25) is 0 Å². The van der Waals surface area contributed by atoms with Gasteiger partial charge in [0, 0.05) is 18.0 Å². The molecule has 0 spiro atoms.